The molecule has 0 fully saturated rings. The van der Waals surface area contributed by atoms with Crippen LogP contribution in [0.4, 0.5) is 0 Å². The first-order valence-corrected chi connectivity index (χ1v) is 3.81. The van der Waals surface area contributed by atoms with Crippen LogP contribution in [0.3, 0.4) is 0 Å². The van der Waals surface area contributed by atoms with Gasteiger partial charge in [0.15, 0.2) is 0 Å². The Morgan fingerprint density at radius 3 is 2.50 bits per heavy atom. The highest BCUT2D eigenvalue weighted by atomic mass is 16.5. The summed E-state index contributed by atoms with van der Waals surface area (Å²) in [7, 11) is 0. The molecule has 0 amide bonds. The molecule has 0 aliphatic carbocycles. The Bertz CT molecular complexity index is 94.9. The lowest BCUT2D eigenvalue weighted by Crippen LogP contribution is -2.18. The van der Waals surface area contributed by atoms with Crippen LogP contribution >= 0.6 is 0 Å². The normalized spacial score (nSPS) is 11.5. The Morgan fingerprint density at radius 2 is 2.10 bits per heavy atom. The molecule has 1 heteroatoms. The van der Waals surface area contributed by atoms with E-state index in [1.807, 2.05) is 13.0 Å². The fourth-order valence-electron chi connectivity index (χ4n) is 0.828. The van der Waals surface area contributed by atoms with Crippen molar-refractivity contribution in [2.75, 3.05) is 13.2 Å². The van der Waals surface area contributed by atoms with Crippen LogP contribution in [0.1, 0.15) is 27.2 Å². The molecule has 0 radical (unpaired) electrons. The summed E-state index contributed by atoms with van der Waals surface area (Å²) in [6.07, 6.45) is 2.96. The highest BCUT2D eigenvalue weighted by Crippen LogP contribution is 2.20. The van der Waals surface area contributed by atoms with E-state index in [1.165, 1.54) is 0 Å². The summed E-state index contributed by atoms with van der Waals surface area (Å²) in [6, 6.07) is 0. The molecule has 1 nitrogen and oxygen atoms in total. The van der Waals surface area contributed by atoms with Crippen LogP contribution in [-0.4, -0.2) is 13.2 Å². The maximum atomic E-state index is 5.30. The lowest BCUT2D eigenvalue weighted by atomic mass is 9.91. The lowest BCUT2D eigenvalue weighted by molar-refractivity contribution is 0.0724. The molecule has 0 saturated heterocycles. The Labute approximate surface area is 64.1 Å². The van der Waals surface area contributed by atoms with E-state index < -0.39 is 0 Å². The van der Waals surface area contributed by atoms with Gasteiger partial charge in [-0.15, -0.1) is 6.58 Å². The van der Waals surface area contributed by atoms with E-state index >= 15 is 0 Å². The zero-order chi connectivity index (χ0) is 8.04. The number of rotatable bonds is 5. The van der Waals surface area contributed by atoms with Gasteiger partial charge in [0.05, 0.1) is 6.61 Å². The fraction of sp³-hybridized carbons (Fsp3) is 0.778. The minimum Gasteiger partial charge on any atom is -0.381 e. The molecule has 0 unspecified atom stereocenters. The Morgan fingerprint density at radius 1 is 1.50 bits per heavy atom. The first-order chi connectivity index (χ1) is 4.62. The second kappa shape index (κ2) is 4.51. The number of hydrogen-bond acceptors (Lipinski definition) is 1. The predicted octanol–water partition coefficient (Wildman–Crippen LogP) is 2.63. The third kappa shape index (κ3) is 4.57. The molecule has 60 valence electrons. The van der Waals surface area contributed by atoms with Crippen molar-refractivity contribution in [2.24, 2.45) is 5.41 Å². The molecule has 0 atom stereocenters. The van der Waals surface area contributed by atoms with Gasteiger partial charge in [-0.3, -0.25) is 0 Å². The number of allylic oxidation sites excluding steroid dienone is 1. The number of hydrogen-bond donors (Lipinski definition) is 0. The van der Waals surface area contributed by atoms with Gasteiger partial charge in [-0.1, -0.05) is 19.9 Å². The van der Waals surface area contributed by atoms with E-state index in [-0.39, 0.29) is 5.41 Å². The smallest absolute Gasteiger partial charge is 0.0519 e. The molecule has 0 aromatic heterocycles. The van der Waals surface area contributed by atoms with E-state index in [2.05, 4.69) is 20.4 Å². The Balaban J connectivity index is 3.51. The molecule has 0 aromatic carbocycles. The van der Waals surface area contributed by atoms with Crippen molar-refractivity contribution in [2.45, 2.75) is 27.2 Å². The predicted molar refractivity (Wildman–Crippen MR) is 45.1 cm³/mol. The molecule has 0 aromatic rings. The van der Waals surface area contributed by atoms with Crippen molar-refractivity contribution in [3.63, 3.8) is 0 Å². The molecule has 10 heavy (non-hydrogen) atoms. The van der Waals surface area contributed by atoms with Gasteiger partial charge in [0.2, 0.25) is 0 Å². The van der Waals surface area contributed by atoms with Gasteiger partial charge >= 0.3 is 0 Å². The quantitative estimate of drug-likeness (QED) is 0.536. The largest absolute Gasteiger partial charge is 0.381 e. The van der Waals surface area contributed by atoms with Gasteiger partial charge in [-0.25, -0.2) is 0 Å². The monoisotopic (exact) mass is 142 g/mol. The highest BCUT2D eigenvalue weighted by Gasteiger charge is 2.14. The summed E-state index contributed by atoms with van der Waals surface area (Å²) in [5.41, 5.74) is 0.262. The van der Waals surface area contributed by atoms with Crippen LogP contribution in [0.2, 0.25) is 0 Å². The third-order valence-electron chi connectivity index (χ3n) is 1.39. The van der Waals surface area contributed by atoms with Gasteiger partial charge in [0.25, 0.3) is 0 Å². The summed E-state index contributed by atoms with van der Waals surface area (Å²) in [5, 5.41) is 0. The zero-order valence-corrected chi connectivity index (χ0v) is 7.31. The van der Waals surface area contributed by atoms with Crippen LogP contribution in [0.5, 0.6) is 0 Å². The van der Waals surface area contributed by atoms with Crippen LogP contribution < -0.4 is 0 Å². The average molecular weight is 142 g/mol. The van der Waals surface area contributed by atoms with Crippen LogP contribution in [-0.2, 0) is 4.74 Å². The molecule has 0 spiro atoms. The molecule has 0 aliphatic heterocycles. The van der Waals surface area contributed by atoms with Gasteiger partial charge in [0.1, 0.15) is 0 Å². The second-order valence-corrected chi connectivity index (χ2v) is 3.29. The molecule has 0 saturated carbocycles. The van der Waals surface area contributed by atoms with Crippen LogP contribution in [0.15, 0.2) is 12.7 Å². The minimum absolute atomic E-state index is 0.262. The second-order valence-electron chi connectivity index (χ2n) is 3.29. The van der Waals surface area contributed by atoms with Crippen molar-refractivity contribution < 1.29 is 4.74 Å². The molecule has 0 rings (SSSR count). The van der Waals surface area contributed by atoms with Crippen molar-refractivity contribution in [3.8, 4) is 0 Å². The molecule has 0 bridgehead atoms. The maximum absolute atomic E-state index is 5.30. The standard InChI is InChI=1S/C9H18O/c1-5-7-9(3,4)8-10-6-2/h5H,1,6-8H2,2-4H3. The van der Waals surface area contributed by atoms with Crippen molar-refractivity contribution in [3.05, 3.63) is 12.7 Å². The first-order valence-electron chi connectivity index (χ1n) is 3.81. The van der Waals surface area contributed by atoms with Crippen molar-refractivity contribution >= 4 is 0 Å². The molecule has 0 aliphatic rings. The summed E-state index contributed by atoms with van der Waals surface area (Å²) in [6.45, 7) is 11.7. The average Bonchev–Trinajstić information content (AvgIpc) is 1.84. The van der Waals surface area contributed by atoms with Gasteiger partial charge < -0.3 is 4.74 Å². The molecule has 0 N–H and O–H groups in total. The van der Waals surface area contributed by atoms with E-state index in [9.17, 15) is 0 Å². The van der Waals surface area contributed by atoms with E-state index in [0.29, 0.717) is 0 Å². The number of ether oxygens (including phenoxy) is 1. The SMILES string of the molecule is C=CCC(C)(C)COCC. The van der Waals surface area contributed by atoms with Gasteiger partial charge in [0, 0.05) is 6.61 Å². The lowest BCUT2D eigenvalue weighted by Gasteiger charge is -2.21. The van der Waals surface area contributed by atoms with E-state index in [0.717, 1.165) is 19.6 Å². The summed E-state index contributed by atoms with van der Waals surface area (Å²) in [4.78, 5) is 0. The highest BCUT2D eigenvalue weighted by molar-refractivity contribution is 4.79. The first kappa shape index (κ1) is 9.70. The van der Waals surface area contributed by atoms with Crippen LogP contribution in [0.25, 0.3) is 0 Å². The molecule has 0 heterocycles. The Hall–Kier alpha value is -0.300. The third-order valence-corrected chi connectivity index (χ3v) is 1.39. The van der Waals surface area contributed by atoms with Crippen LogP contribution in [0, 0.1) is 5.41 Å². The van der Waals surface area contributed by atoms with Gasteiger partial charge in [-0.05, 0) is 18.8 Å². The summed E-state index contributed by atoms with van der Waals surface area (Å²) >= 11 is 0. The molecular formula is C9H18O. The topological polar surface area (TPSA) is 9.23 Å². The van der Waals surface area contributed by atoms with E-state index in [1.54, 1.807) is 0 Å². The maximum Gasteiger partial charge on any atom is 0.0519 e. The Kier molecular flexibility index (Phi) is 4.37. The minimum atomic E-state index is 0.262. The summed E-state index contributed by atoms with van der Waals surface area (Å²) < 4.78 is 5.30. The van der Waals surface area contributed by atoms with Gasteiger partial charge in [-0.2, -0.15) is 0 Å². The fourth-order valence-corrected chi connectivity index (χ4v) is 0.828. The molecular weight excluding hydrogens is 124 g/mol. The zero-order valence-electron chi connectivity index (χ0n) is 7.31. The summed E-state index contributed by atoms with van der Waals surface area (Å²) in [5.74, 6) is 0. The van der Waals surface area contributed by atoms with E-state index in [4.69, 9.17) is 4.74 Å². The van der Waals surface area contributed by atoms with Crippen molar-refractivity contribution in [1.29, 1.82) is 0 Å². The van der Waals surface area contributed by atoms with Crippen molar-refractivity contribution in [1.82, 2.24) is 0 Å².